The molecule has 1 aromatic carbocycles. The molecule has 0 aromatic heterocycles. The molecule has 6 heteroatoms. The number of nitriles is 2. The van der Waals surface area contributed by atoms with Crippen molar-refractivity contribution >= 4 is 11.6 Å². The summed E-state index contributed by atoms with van der Waals surface area (Å²) in [6, 6.07) is 7.00. The molecule has 0 spiro atoms. The lowest BCUT2D eigenvalue weighted by Gasteiger charge is -2.05. The van der Waals surface area contributed by atoms with Gasteiger partial charge in [-0.3, -0.25) is 4.79 Å². The van der Waals surface area contributed by atoms with Gasteiger partial charge in [-0.1, -0.05) is 0 Å². The highest BCUT2D eigenvalue weighted by atomic mass is 19.1. The van der Waals surface area contributed by atoms with Crippen LogP contribution in [-0.2, 0) is 0 Å². The fraction of sp³-hybridized carbons (Fsp3) is 0.0833. The van der Waals surface area contributed by atoms with Gasteiger partial charge < -0.3 is 10.6 Å². The molecule has 1 amide bonds. The van der Waals surface area contributed by atoms with Crippen molar-refractivity contribution in [3.8, 4) is 12.1 Å². The summed E-state index contributed by atoms with van der Waals surface area (Å²) in [5.41, 5.74) is 0.0871. The highest BCUT2D eigenvalue weighted by molar-refractivity contribution is 5.94. The van der Waals surface area contributed by atoms with E-state index < -0.39 is 5.82 Å². The van der Waals surface area contributed by atoms with Gasteiger partial charge in [0.2, 0.25) is 0 Å². The Balaban J connectivity index is 3.03. The summed E-state index contributed by atoms with van der Waals surface area (Å²) in [7, 11) is 1.46. The second-order valence-electron chi connectivity index (χ2n) is 3.20. The van der Waals surface area contributed by atoms with Gasteiger partial charge in [-0.2, -0.15) is 10.5 Å². The van der Waals surface area contributed by atoms with Gasteiger partial charge in [0.15, 0.2) is 0 Å². The molecule has 0 aliphatic heterocycles. The van der Waals surface area contributed by atoms with Gasteiger partial charge in [0.25, 0.3) is 5.91 Å². The summed E-state index contributed by atoms with van der Waals surface area (Å²) in [6.45, 7) is 0. The minimum Gasteiger partial charge on any atom is -0.357 e. The van der Waals surface area contributed by atoms with Crippen LogP contribution in [0.5, 0.6) is 0 Å². The Bertz CT molecular complexity index is 565. The first-order valence-corrected chi connectivity index (χ1v) is 4.91. The number of carbonyl (C=O) groups excluding carboxylic acids is 1. The minimum atomic E-state index is -0.589. The smallest absolute Gasteiger partial charge is 0.251 e. The lowest BCUT2D eigenvalue weighted by atomic mass is 10.2. The van der Waals surface area contributed by atoms with E-state index >= 15 is 0 Å². The molecule has 0 radical (unpaired) electrons. The molecule has 1 rings (SSSR count). The number of rotatable bonds is 3. The average Bonchev–Trinajstić information content (AvgIpc) is 2.40. The normalized spacial score (nSPS) is 8.67. The van der Waals surface area contributed by atoms with Crippen LogP contribution < -0.4 is 10.6 Å². The number of hydrogen-bond acceptors (Lipinski definition) is 4. The van der Waals surface area contributed by atoms with E-state index in [2.05, 4.69) is 10.6 Å². The Labute approximate surface area is 103 Å². The van der Waals surface area contributed by atoms with E-state index in [9.17, 15) is 9.18 Å². The molecule has 1 aromatic rings. The number of allylic oxidation sites excluding steroid dienone is 1. The van der Waals surface area contributed by atoms with Crippen LogP contribution in [-0.4, -0.2) is 13.0 Å². The fourth-order valence-corrected chi connectivity index (χ4v) is 1.16. The molecule has 0 saturated carbocycles. The third kappa shape index (κ3) is 3.06. The number of benzene rings is 1. The number of hydrogen-bond donors (Lipinski definition) is 2. The topological polar surface area (TPSA) is 88.7 Å². The summed E-state index contributed by atoms with van der Waals surface area (Å²) in [6.07, 6.45) is 1.08. The Morgan fingerprint density at radius 1 is 1.39 bits per heavy atom. The van der Waals surface area contributed by atoms with Crippen molar-refractivity contribution < 1.29 is 9.18 Å². The number of halogens is 1. The maximum absolute atomic E-state index is 13.4. The van der Waals surface area contributed by atoms with Gasteiger partial charge in [-0.05, 0) is 18.2 Å². The molecule has 0 saturated heterocycles. The predicted octanol–water partition coefficient (Wildman–Crippen LogP) is 1.53. The molecule has 0 aliphatic rings. The van der Waals surface area contributed by atoms with Crippen LogP contribution in [0.2, 0.25) is 0 Å². The second kappa shape index (κ2) is 6.02. The number of nitrogens with one attached hydrogen (secondary N) is 2. The van der Waals surface area contributed by atoms with Crippen LogP contribution >= 0.6 is 0 Å². The summed E-state index contributed by atoms with van der Waals surface area (Å²) >= 11 is 0. The van der Waals surface area contributed by atoms with Crippen LogP contribution in [0.4, 0.5) is 10.1 Å². The van der Waals surface area contributed by atoms with E-state index in [1.807, 2.05) is 0 Å². The number of carbonyl (C=O) groups is 1. The summed E-state index contributed by atoms with van der Waals surface area (Å²) in [5, 5.41) is 21.9. The zero-order chi connectivity index (χ0) is 13.5. The zero-order valence-corrected chi connectivity index (χ0v) is 9.49. The fourth-order valence-electron chi connectivity index (χ4n) is 1.16. The molecule has 0 fully saturated rings. The quantitative estimate of drug-likeness (QED) is 0.789. The first-order chi connectivity index (χ1) is 8.62. The van der Waals surface area contributed by atoms with Crippen LogP contribution in [0.25, 0.3) is 0 Å². The highest BCUT2D eigenvalue weighted by Gasteiger charge is 2.07. The van der Waals surface area contributed by atoms with Gasteiger partial charge >= 0.3 is 0 Å². The zero-order valence-electron chi connectivity index (χ0n) is 9.49. The van der Waals surface area contributed by atoms with Crippen molar-refractivity contribution in [1.29, 1.82) is 10.5 Å². The molecule has 0 heterocycles. The number of amides is 1. The molecule has 0 unspecified atom stereocenters. The maximum atomic E-state index is 13.4. The molecule has 0 bridgehead atoms. The monoisotopic (exact) mass is 244 g/mol. The van der Waals surface area contributed by atoms with Crippen molar-refractivity contribution in [3.63, 3.8) is 0 Å². The lowest BCUT2D eigenvalue weighted by Crippen LogP contribution is -2.17. The van der Waals surface area contributed by atoms with Gasteiger partial charge in [0.1, 0.15) is 23.5 Å². The predicted molar refractivity (Wildman–Crippen MR) is 62.7 cm³/mol. The van der Waals surface area contributed by atoms with E-state index in [-0.39, 0.29) is 22.7 Å². The van der Waals surface area contributed by atoms with E-state index in [0.717, 1.165) is 12.3 Å². The molecule has 0 atom stereocenters. The molecule has 18 heavy (non-hydrogen) atoms. The van der Waals surface area contributed by atoms with Crippen molar-refractivity contribution in [2.45, 2.75) is 0 Å². The third-order valence-corrected chi connectivity index (χ3v) is 2.07. The SMILES string of the molecule is CNC(=O)c1ccc(F)c(NC=C(C#N)C#N)c1. The van der Waals surface area contributed by atoms with Gasteiger partial charge in [0.05, 0.1) is 5.69 Å². The standard InChI is InChI=1S/C12H9FN4O/c1-16-12(18)9-2-3-10(13)11(4-9)17-7-8(5-14)6-15/h2-4,7,17H,1H3,(H,16,18). The van der Waals surface area contributed by atoms with Gasteiger partial charge in [-0.25, -0.2) is 4.39 Å². The largest absolute Gasteiger partial charge is 0.357 e. The Morgan fingerprint density at radius 3 is 2.61 bits per heavy atom. The van der Waals surface area contributed by atoms with Crippen LogP contribution in [0.3, 0.4) is 0 Å². The summed E-state index contributed by atoms with van der Waals surface area (Å²) in [4.78, 5) is 11.3. The summed E-state index contributed by atoms with van der Waals surface area (Å²) < 4.78 is 13.4. The van der Waals surface area contributed by atoms with Crippen LogP contribution in [0.15, 0.2) is 30.0 Å². The number of nitrogens with zero attached hydrogens (tertiary/aromatic N) is 2. The molecule has 0 aliphatic carbocycles. The van der Waals surface area contributed by atoms with E-state index in [0.29, 0.717) is 0 Å². The van der Waals surface area contributed by atoms with Crippen molar-refractivity contribution in [2.24, 2.45) is 0 Å². The lowest BCUT2D eigenvalue weighted by molar-refractivity contribution is 0.0963. The van der Waals surface area contributed by atoms with Crippen molar-refractivity contribution in [2.75, 3.05) is 12.4 Å². The molecule has 2 N–H and O–H groups in total. The Kier molecular flexibility index (Phi) is 4.42. The van der Waals surface area contributed by atoms with Crippen molar-refractivity contribution in [1.82, 2.24) is 5.32 Å². The van der Waals surface area contributed by atoms with Crippen molar-refractivity contribution in [3.05, 3.63) is 41.4 Å². The highest BCUT2D eigenvalue weighted by Crippen LogP contribution is 2.16. The second-order valence-corrected chi connectivity index (χ2v) is 3.20. The summed E-state index contributed by atoms with van der Waals surface area (Å²) in [5.74, 6) is -0.947. The Morgan fingerprint density at radius 2 is 2.06 bits per heavy atom. The molecule has 90 valence electrons. The van der Waals surface area contributed by atoms with E-state index in [4.69, 9.17) is 10.5 Å². The molecular formula is C12H9FN4O. The van der Waals surface area contributed by atoms with Crippen LogP contribution in [0, 0.1) is 28.5 Å². The molecule has 5 nitrogen and oxygen atoms in total. The minimum absolute atomic E-state index is 0.0131. The third-order valence-electron chi connectivity index (χ3n) is 2.07. The van der Waals surface area contributed by atoms with E-state index in [1.165, 1.54) is 19.2 Å². The number of anilines is 1. The average molecular weight is 244 g/mol. The maximum Gasteiger partial charge on any atom is 0.251 e. The first kappa shape index (κ1) is 13.2. The first-order valence-electron chi connectivity index (χ1n) is 4.91. The Hall–Kier alpha value is -2.86. The molecular weight excluding hydrogens is 235 g/mol. The van der Waals surface area contributed by atoms with E-state index in [1.54, 1.807) is 12.1 Å². The van der Waals surface area contributed by atoms with Gasteiger partial charge in [-0.15, -0.1) is 0 Å². The van der Waals surface area contributed by atoms with Crippen LogP contribution in [0.1, 0.15) is 10.4 Å². The van der Waals surface area contributed by atoms with Gasteiger partial charge in [0, 0.05) is 18.8 Å².